The third-order valence-corrected chi connectivity index (χ3v) is 6.35. The molecule has 0 saturated carbocycles. The molecule has 0 radical (unpaired) electrons. The molecule has 1 heterocycles. The molecule has 3 aromatic carbocycles. The van der Waals surface area contributed by atoms with Gasteiger partial charge in [0.2, 0.25) is 0 Å². The van der Waals surface area contributed by atoms with Crippen molar-refractivity contribution in [1.29, 1.82) is 0 Å². The van der Waals surface area contributed by atoms with E-state index >= 15 is 0 Å². The maximum Gasteiger partial charge on any atom is 0.335 e. The summed E-state index contributed by atoms with van der Waals surface area (Å²) in [5, 5.41) is 2.59. The molecule has 0 aromatic heterocycles. The third-order valence-electron chi connectivity index (χ3n) is 5.09. The van der Waals surface area contributed by atoms with Gasteiger partial charge in [0.15, 0.2) is 0 Å². The number of hydrogen-bond donors (Lipinski definition) is 1. The monoisotopic (exact) mass is 602 g/mol. The maximum absolute atomic E-state index is 13.3. The highest BCUT2D eigenvalue weighted by atomic mass is 79.9. The molecular weight excluding hydrogens is 588 g/mol. The van der Waals surface area contributed by atoms with Gasteiger partial charge in [0.1, 0.15) is 17.9 Å². The Morgan fingerprint density at radius 2 is 1.68 bits per heavy atom. The molecule has 1 saturated heterocycles. The van der Waals surface area contributed by atoms with Crippen LogP contribution in [0, 0.1) is 6.92 Å². The van der Waals surface area contributed by atoms with Crippen LogP contribution < -0.4 is 15.0 Å². The summed E-state index contributed by atoms with van der Waals surface area (Å²) in [6, 6.07) is 17.0. The van der Waals surface area contributed by atoms with Crippen molar-refractivity contribution in [3.8, 4) is 5.75 Å². The van der Waals surface area contributed by atoms with Gasteiger partial charge in [-0.15, -0.1) is 0 Å². The molecule has 34 heavy (non-hydrogen) atoms. The molecule has 4 amide bonds. The number of barbiturate groups is 1. The van der Waals surface area contributed by atoms with Crippen molar-refractivity contribution in [2.45, 2.75) is 13.5 Å². The molecule has 1 aliphatic rings. The number of ether oxygens (including phenoxy) is 1. The lowest BCUT2D eigenvalue weighted by atomic mass is 10.0. The highest BCUT2D eigenvalue weighted by Crippen LogP contribution is 2.31. The van der Waals surface area contributed by atoms with Gasteiger partial charge in [-0.3, -0.25) is 14.9 Å². The lowest BCUT2D eigenvalue weighted by Gasteiger charge is -2.27. The number of aryl methyl sites for hydroxylation is 1. The van der Waals surface area contributed by atoms with Crippen molar-refractivity contribution in [1.82, 2.24) is 5.32 Å². The van der Waals surface area contributed by atoms with Crippen LogP contribution in [0.15, 0.2) is 75.2 Å². The molecule has 6 nitrogen and oxygen atoms in total. The van der Waals surface area contributed by atoms with E-state index in [-0.39, 0.29) is 12.2 Å². The predicted octanol–water partition coefficient (Wildman–Crippen LogP) is 6.42. The fourth-order valence-electron chi connectivity index (χ4n) is 3.36. The first kappa shape index (κ1) is 24.2. The minimum Gasteiger partial charge on any atom is -0.488 e. The number of nitrogens with zero attached hydrogens (tertiary/aromatic N) is 1. The summed E-state index contributed by atoms with van der Waals surface area (Å²) in [5.41, 5.74) is 2.20. The Hall–Kier alpha value is -2.94. The molecule has 0 spiro atoms. The molecule has 0 unspecified atom stereocenters. The molecule has 9 heteroatoms. The topological polar surface area (TPSA) is 75.7 Å². The standard InChI is InChI=1S/C25H17Br2ClN2O4/c1-14-2-8-19(28)12-21(14)30-24(32)20(23(31)29-25(30)33)11-16-10-18(27)7-9-22(16)34-13-15-3-5-17(26)6-4-15/h2-12H,13H2,1H3,(H,29,31,33)/b20-11+. The first-order valence-electron chi connectivity index (χ1n) is 10.1. The van der Waals surface area contributed by atoms with E-state index in [1.54, 1.807) is 37.3 Å². The van der Waals surface area contributed by atoms with E-state index < -0.39 is 17.8 Å². The van der Waals surface area contributed by atoms with E-state index in [1.165, 1.54) is 12.1 Å². The normalized spacial score (nSPS) is 15.0. The van der Waals surface area contributed by atoms with Gasteiger partial charge in [0.25, 0.3) is 11.8 Å². The second-order valence-corrected chi connectivity index (χ2v) is 9.75. The van der Waals surface area contributed by atoms with Crippen molar-refractivity contribution in [3.05, 3.63) is 96.9 Å². The molecule has 172 valence electrons. The summed E-state index contributed by atoms with van der Waals surface area (Å²) >= 11 is 12.9. The smallest absolute Gasteiger partial charge is 0.335 e. The molecule has 0 aliphatic carbocycles. The lowest BCUT2D eigenvalue weighted by molar-refractivity contribution is -0.122. The minimum atomic E-state index is -0.835. The van der Waals surface area contributed by atoms with Gasteiger partial charge in [-0.25, -0.2) is 9.69 Å². The Balaban J connectivity index is 1.69. The van der Waals surface area contributed by atoms with Crippen LogP contribution in [0.25, 0.3) is 6.08 Å². The van der Waals surface area contributed by atoms with Gasteiger partial charge in [0, 0.05) is 19.5 Å². The van der Waals surface area contributed by atoms with Crippen LogP contribution in [0.3, 0.4) is 0 Å². The average molecular weight is 605 g/mol. The summed E-state index contributed by atoms with van der Waals surface area (Å²) in [6.07, 6.45) is 1.42. The Labute approximate surface area is 217 Å². The Bertz CT molecular complexity index is 1340. The van der Waals surface area contributed by atoms with E-state index in [0.717, 1.165) is 19.4 Å². The summed E-state index contributed by atoms with van der Waals surface area (Å²) < 4.78 is 7.67. The number of anilines is 1. The largest absolute Gasteiger partial charge is 0.488 e. The summed E-state index contributed by atoms with van der Waals surface area (Å²) in [4.78, 5) is 39.4. The van der Waals surface area contributed by atoms with Crippen LogP contribution in [0.5, 0.6) is 5.75 Å². The van der Waals surface area contributed by atoms with Crippen LogP contribution in [-0.2, 0) is 16.2 Å². The number of carbonyl (C=O) groups is 3. The van der Waals surface area contributed by atoms with Gasteiger partial charge in [-0.05, 0) is 66.6 Å². The molecule has 4 rings (SSSR count). The van der Waals surface area contributed by atoms with Crippen molar-refractivity contribution < 1.29 is 19.1 Å². The van der Waals surface area contributed by atoms with E-state index in [4.69, 9.17) is 16.3 Å². The van der Waals surface area contributed by atoms with Gasteiger partial charge < -0.3 is 4.74 Å². The van der Waals surface area contributed by atoms with Crippen molar-refractivity contribution >= 4 is 73.1 Å². The molecule has 0 atom stereocenters. The number of rotatable bonds is 5. The van der Waals surface area contributed by atoms with Crippen LogP contribution in [0.1, 0.15) is 16.7 Å². The van der Waals surface area contributed by atoms with Gasteiger partial charge in [-0.2, -0.15) is 0 Å². The van der Waals surface area contributed by atoms with Crippen molar-refractivity contribution in [2.24, 2.45) is 0 Å². The number of halogens is 3. The van der Waals surface area contributed by atoms with Crippen LogP contribution in [-0.4, -0.2) is 17.8 Å². The predicted molar refractivity (Wildman–Crippen MR) is 138 cm³/mol. The zero-order valence-electron chi connectivity index (χ0n) is 17.8. The number of urea groups is 1. The lowest BCUT2D eigenvalue weighted by Crippen LogP contribution is -2.54. The second-order valence-electron chi connectivity index (χ2n) is 7.49. The number of benzene rings is 3. The van der Waals surface area contributed by atoms with Crippen molar-refractivity contribution in [3.63, 3.8) is 0 Å². The fraction of sp³-hybridized carbons (Fsp3) is 0.0800. The SMILES string of the molecule is Cc1ccc(Cl)cc1N1C(=O)NC(=O)/C(=C\c2cc(Br)ccc2OCc2ccc(Br)cc2)C1=O. The number of amides is 4. The number of hydrogen-bond acceptors (Lipinski definition) is 4. The molecule has 3 aromatic rings. The van der Waals surface area contributed by atoms with E-state index in [0.29, 0.717) is 27.6 Å². The van der Waals surface area contributed by atoms with E-state index in [2.05, 4.69) is 37.2 Å². The molecule has 1 aliphatic heterocycles. The van der Waals surface area contributed by atoms with Gasteiger partial charge in [-0.1, -0.05) is 61.7 Å². The first-order valence-corrected chi connectivity index (χ1v) is 12.0. The zero-order valence-corrected chi connectivity index (χ0v) is 21.7. The zero-order chi connectivity index (χ0) is 24.4. The Morgan fingerprint density at radius 1 is 0.971 bits per heavy atom. The summed E-state index contributed by atoms with van der Waals surface area (Å²) in [6.45, 7) is 2.03. The van der Waals surface area contributed by atoms with Crippen LogP contribution in [0.2, 0.25) is 5.02 Å². The molecular formula is C25H17Br2ClN2O4. The molecule has 0 bridgehead atoms. The van der Waals surface area contributed by atoms with E-state index in [9.17, 15) is 14.4 Å². The highest BCUT2D eigenvalue weighted by molar-refractivity contribution is 9.10. The maximum atomic E-state index is 13.3. The Kier molecular flexibility index (Phi) is 7.21. The van der Waals surface area contributed by atoms with Crippen molar-refractivity contribution in [2.75, 3.05) is 4.90 Å². The van der Waals surface area contributed by atoms with Gasteiger partial charge >= 0.3 is 6.03 Å². The van der Waals surface area contributed by atoms with Gasteiger partial charge in [0.05, 0.1) is 5.69 Å². The minimum absolute atomic E-state index is 0.203. The second kappa shape index (κ2) is 10.1. The van der Waals surface area contributed by atoms with Crippen LogP contribution >= 0.6 is 43.5 Å². The average Bonchev–Trinajstić information content (AvgIpc) is 2.79. The fourth-order valence-corrected chi connectivity index (χ4v) is 4.17. The highest BCUT2D eigenvalue weighted by Gasteiger charge is 2.37. The van der Waals surface area contributed by atoms with E-state index in [1.807, 2.05) is 24.3 Å². The first-order chi connectivity index (χ1) is 16.2. The quantitative estimate of drug-likeness (QED) is 0.270. The number of nitrogens with one attached hydrogen (secondary N) is 1. The Morgan fingerprint density at radius 3 is 2.41 bits per heavy atom. The number of carbonyl (C=O) groups excluding carboxylic acids is 3. The third kappa shape index (κ3) is 5.24. The number of imide groups is 2. The molecule has 1 N–H and O–H groups in total. The van der Waals surface area contributed by atoms with Crippen LogP contribution in [0.4, 0.5) is 10.5 Å². The summed E-state index contributed by atoms with van der Waals surface area (Å²) in [5.74, 6) is -1.07. The molecule has 1 fully saturated rings. The summed E-state index contributed by atoms with van der Waals surface area (Å²) in [7, 11) is 0.